The van der Waals surface area contributed by atoms with Gasteiger partial charge in [-0.3, -0.25) is 0 Å². The second kappa shape index (κ2) is 6.10. The Hall–Kier alpha value is -2.50. The van der Waals surface area contributed by atoms with Crippen LogP contribution in [0.15, 0.2) is 60.9 Å². The third kappa shape index (κ3) is 2.97. The molecule has 128 valence electrons. The van der Waals surface area contributed by atoms with Crippen LogP contribution in [-0.2, 0) is 0 Å². The molecular weight excluding hydrogens is 324 g/mol. The van der Waals surface area contributed by atoms with Crippen molar-refractivity contribution < 1.29 is 18.8 Å². The Morgan fingerprint density at radius 3 is 2.40 bits per heavy atom. The average molecular weight is 343 g/mol. The summed E-state index contributed by atoms with van der Waals surface area (Å²) in [6.07, 6.45) is 2.60. The molecule has 0 bridgehead atoms. The van der Waals surface area contributed by atoms with Gasteiger partial charge in [0, 0.05) is 19.2 Å². The summed E-state index contributed by atoms with van der Waals surface area (Å²) in [5.74, 6) is 0. The number of hydrogen-bond acceptors (Lipinski definition) is 1. The van der Waals surface area contributed by atoms with E-state index < -0.39 is 13.3 Å². The van der Waals surface area contributed by atoms with Crippen LogP contribution in [0.25, 0.3) is 21.9 Å². The molecule has 0 spiro atoms. The minimum absolute atomic E-state index is 0.149. The highest BCUT2D eigenvalue weighted by atomic mass is 19.4. The lowest BCUT2D eigenvalue weighted by atomic mass is 9.97. The number of rotatable bonds is 3. The summed E-state index contributed by atoms with van der Waals surface area (Å²) >= 11 is 0. The van der Waals surface area contributed by atoms with Crippen molar-refractivity contribution in [2.24, 2.45) is 0 Å². The van der Waals surface area contributed by atoms with E-state index in [2.05, 4.69) is 4.90 Å². The molecule has 6 heteroatoms. The SMILES string of the molecule is [2H]c1cc(N2CCCC2)c(-c2cccc3ccccc23)c[n+]1[B-](F)(F)F. The predicted octanol–water partition coefficient (Wildman–Crippen LogP) is 4.59. The van der Waals surface area contributed by atoms with E-state index in [9.17, 15) is 12.9 Å². The Bertz CT molecular complexity index is 963. The first kappa shape index (κ1) is 14.8. The highest BCUT2D eigenvalue weighted by molar-refractivity contribution is 6.48. The maximum atomic E-state index is 13.5. The van der Waals surface area contributed by atoms with Crippen molar-refractivity contribution in [3.8, 4) is 11.1 Å². The van der Waals surface area contributed by atoms with E-state index in [4.69, 9.17) is 1.37 Å². The molecule has 0 atom stereocenters. The first-order valence-electron chi connectivity index (χ1n) is 8.94. The van der Waals surface area contributed by atoms with Gasteiger partial charge in [-0.05, 0) is 29.2 Å². The van der Waals surface area contributed by atoms with Crippen molar-refractivity contribution in [1.82, 2.24) is 0 Å². The van der Waals surface area contributed by atoms with Crippen LogP contribution in [-0.4, -0.2) is 20.2 Å². The summed E-state index contributed by atoms with van der Waals surface area (Å²) in [6.45, 7) is 1.61. The van der Waals surface area contributed by atoms with Crippen LogP contribution >= 0.6 is 0 Å². The standard InChI is InChI=1S/C19H18BF3N2/c21-20(22,23)25-13-10-19(24-11-3-4-12-24)18(14-25)17-9-5-7-15-6-1-2-8-16(15)17/h1-2,5-10,13-14H,3-4,11-12H2/i13D. The van der Waals surface area contributed by atoms with Crippen LogP contribution in [0.3, 0.4) is 0 Å². The third-order valence-corrected chi connectivity index (χ3v) is 4.74. The van der Waals surface area contributed by atoms with E-state index >= 15 is 0 Å². The molecule has 1 aliphatic rings. The maximum Gasteiger partial charge on any atom is 0.810 e. The number of halogens is 3. The molecule has 0 amide bonds. The zero-order valence-corrected chi connectivity index (χ0v) is 13.6. The molecule has 0 unspecified atom stereocenters. The van der Waals surface area contributed by atoms with Crippen LogP contribution in [0, 0.1) is 0 Å². The lowest BCUT2D eigenvalue weighted by Gasteiger charge is -2.22. The summed E-state index contributed by atoms with van der Waals surface area (Å²) in [5.41, 5.74) is 2.00. The number of hydrogen-bond donors (Lipinski definition) is 0. The molecule has 1 aromatic heterocycles. The Kier molecular flexibility index (Phi) is 3.61. The minimum atomic E-state index is -5.32. The first-order valence-corrected chi connectivity index (χ1v) is 8.44. The average Bonchev–Trinajstić information content (AvgIpc) is 3.14. The van der Waals surface area contributed by atoms with E-state index in [1.54, 1.807) is 0 Å². The molecule has 0 N–H and O–H groups in total. The van der Waals surface area contributed by atoms with Crippen molar-refractivity contribution in [2.45, 2.75) is 12.8 Å². The molecular formula is C19H18BF3N2. The zero-order valence-electron chi connectivity index (χ0n) is 14.6. The van der Waals surface area contributed by atoms with Gasteiger partial charge in [-0.2, -0.15) is 0 Å². The summed E-state index contributed by atoms with van der Waals surface area (Å²) < 4.78 is 48.4. The molecule has 1 aliphatic heterocycles. The fourth-order valence-electron chi connectivity index (χ4n) is 3.51. The normalized spacial score (nSPS) is 15.6. The number of benzene rings is 2. The van der Waals surface area contributed by atoms with Crippen molar-refractivity contribution in [3.63, 3.8) is 0 Å². The molecule has 0 radical (unpaired) electrons. The van der Waals surface area contributed by atoms with Crippen molar-refractivity contribution in [3.05, 3.63) is 60.9 Å². The van der Waals surface area contributed by atoms with E-state index in [0.29, 0.717) is 11.3 Å². The van der Waals surface area contributed by atoms with Gasteiger partial charge in [-0.1, -0.05) is 42.5 Å². The van der Waals surface area contributed by atoms with Crippen LogP contribution in [0.5, 0.6) is 0 Å². The van der Waals surface area contributed by atoms with Gasteiger partial charge in [0.15, 0.2) is 0 Å². The fourth-order valence-corrected chi connectivity index (χ4v) is 3.51. The van der Waals surface area contributed by atoms with Gasteiger partial charge in [0.05, 0.1) is 11.3 Å². The van der Waals surface area contributed by atoms with Crippen LogP contribution < -0.4 is 9.38 Å². The molecule has 4 rings (SSSR count). The molecule has 2 nitrogen and oxygen atoms in total. The molecule has 0 saturated carbocycles. The smallest absolute Gasteiger partial charge is 0.379 e. The van der Waals surface area contributed by atoms with Gasteiger partial charge in [0.1, 0.15) is 13.7 Å². The topological polar surface area (TPSA) is 7.12 Å². The van der Waals surface area contributed by atoms with Gasteiger partial charge in [-0.25, -0.2) is 0 Å². The summed E-state index contributed by atoms with van der Waals surface area (Å²) in [5, 5.41) is 1.89. The Morgan fingerprint density at radius 2 is 1.64 bits per heavy atom. The van der Waals surface area contributed by atoms with Crippen LogP contribution in [0.2, 0.25) is 0 Å². The highest BCUT2D eigenvalue weighted by Crippen LogP contribution is 2.36. The maximum absolute atomic E-state index is 13.5. The number of pyridine rings is 1. The highest BCUT2D eigenvalue weighted by Gasteiger charge is 2.41. The molecule has 25 heavy (non-hydrogen) atoms. The fraction of sp³-hybridized carbons (Fsp3) is 0.211. The third-order valence-electron chi connectivity index (χ3n) is 4.74. The number of aromatic nitrogens is 1. The Labute approximate surface area is 146 Å². The van der Waals surface area contributed by atoms with Gasteiger partial charge in [0.25, 0.3) is 0 Å². The molecule has 1 fully saturated rings. The van der Waals surface area contributed by atoms with E-state index in [1.165, 1.54) is 6.07 Å². The van der Waals surface area contributed by atoms with Crippen LogP contribution in [0.1, 0.15) is 14.2 Å². The summed E-state index contributed by atoms with van der Waals surface area (Å²) in [4.78, 5) is 2.09. The first-order chi connectivity index (χ1) is 12.4. The quantitative estimate of drug-likeness (QED) is 0.631. The predicted molar refractivity (Wildman–Crippen MR) is 95.5 cm³/mol. The second-order valence-corrected chi connectivity index (χ2v) is 6.37. The van der Waals surface area contributed by atoms with Crippen molar-refractivity contribution in [2.75, 3.05) is 18.0 Å². The Morgan fingerprint density at radius 1 is 0.920 bits per heavy atom. The van der Waals surface area contributed by atoms with Crippen molar-refractivity contribution >= 4 is 23.6 Å². The lowest BCUT2D eigenvalue weighted by molar-refractivity contribution is -0.575. The number of fused-ring (bicyclic) bond motifs is 1. The molecule has 0 aliphatic carbocycles. The van der Waals surface area contributed by atoms with Crippen LogP contribution in [0.4, 0.5) is 18.6 Å². The number of anilines is 1. The Balaban J connectivity index is 2.01. The minimum Gasteiger partial charge on any atom is -0.379 e. The van der Waals surface area contributed by atoms with E-state index in [0.717, 1.165) is 48.5 Å². The van der Waals surface area contributed by atoms with Crippen molar-refractivity contribution in [1.29, 1.82) is 0 Å². The summed E-state index contributed by atoms with van der Waals surface area (Å²) in [7, 11) is -5.32. The molecule has 1 saturated heterocycles. The molecule has 3 aromatic rings. The van der Waals surface area contributed by atoms with Gasteiger partial charge >= 0.3 is 7.11 Å². The van der Waals surface area contributed by atoms with Gasteiger partial charge in [0.2, 0.25) is 0 Å². The molecule has 2 aromatic carbocycles. The van der Waals surface area contributed by atoms with Gasteiger partial charge in [-0.15, -0.1) is 0 Å². The van der Waals surface area contributed by atoms with Gasteiger partial charge < -0.3 is 22.3 Å². The molecule has 2 heterocycles. The monoisotopic (exact) mass is 343 g/mol. The lowest BCUT2D eigenvalue weighted by Crippen LogP contribution is -2.55. The second-order valence-electron chi connectivity index (χ2n) is 6.37. The van der Waals surface area contributed by atoms with E-state index in [-0.39, 0.29) is 4.48 Å². The number of nitrogens with zero attached hydrogens (tertiary/aromatic N) is 2. The van der Waals surface area contributed by atoms with E-state index in [1.807, 2.05) is 42.5 Å². The largest absolute Gasteiger partial charge is 0.810 e. The zero-order chi connectivity index (χ0) is 18.3. The summed E-state index contributed by atoms with van der Waals surface area (Å²) in [6, 6.07) is 14.7.